The van der Waals surface area contributed by atoms with E-state index in [1.165, 1.54) is 26.1 Å². The maximum atomic E-state index is 14.7. The summed E-state index contributed by atoms with van der Waals surface area (Å²) in [6.07, 6.45) is -5.96. The number of nitrogens with one attached hydrogen (secondary N) is 1. The van der Waals surface area contributed by atoms with E-state index in [-0.39, 0.29) is 11.7 Å². The summed E-state index contributed by atoms with van der Waals surface area (Å²) in [6, 6.07) is 10.7. The van der Waals surface area contributed by atoms with Crippen LogP contribution in [0.5, 0.6) is 5.75 Å². The van der Waals surface area contributed by atoms with E-state index in [1.807, 2.05) is 0 Å². The predicted molar refractivity (Wildman–Crippen MR) is 104 cm³/mol. The van der Waals surface area contributed by atoms with Gasteiger partial charge in [-0.25, -0.2) is 4.39 Å². The molecule has 5 unspecified atom stereocenters. The minimum Gasteiger partial charge on any atom is -0.459 e. The Labute approximate surface area is 172 Å². The number of carbonyl (C=O) groups is 1. The Morgan fingerprint density at radius 2 is 1.93 bits per heavy atom. The van der Waals surface area contributed by atoms with Crippen LogP contribution in [0, 0.1) is 5.82 Å². The lowest BCUT2D eigenvalue weighted by molar-refractivity contribution is -0.315. The highest BCUT2D eigenvalue weighted by Gasteiger charge is 2.53. The molecule has 30 heavy (non-hydrogen) atoms. The zero-order valence-corrected chi connectivity index (χ0v) is 16.4. The van der Waals surface area contributed by atoms with Crippen molar-refractivity contribution in [3.63, 3.8) is 0 Å². The van der Waals surface area contributed by atoms with Gasteiger partial charge in [-0.2, -0.15) is 0 Å². The summed E-state index contributed by atoms with van der Waals surface area (Å²) in [6.45, 7) is 0.549. The van der Waals surface area contributed by atoms with E-state index in [0.29, 0.717) is 16.7 Å². The molecule has 2 aromatic carbocycles. The van der Waals surface area contributed by atoms with Crippen LogP contribution in [0.15, 0.2) is 42.5 Å². The SMILES string of the molecule is CNC(=O)c1cccc(-c2ccc(OC3OC(CO)C(O)C(O)C3(C)O)c(F)c2)c1. The summed E-state index contributed by atoms with van der Waals surface area (Å²) < 4.78 is 25.5. The van der Waals surface area contributed by atoms with Gasteiger partial charge in [-0.3, -0.25) is 4.79 Å². The van der Waals surface area contributed by atoms with Crippen LogP contribution in [0.2, 0.25) is 0 Å². The Kier molecular flexibility index (Phi) is 6.39. The Bertz CT molecular complexity index is 920. The van der Waals surface area contributed by atoms with E-state index in [0.717, 1.165) is 0 Å². The molecule has 1 heterocycles. The molecule has 0 saturated carbocycles. The zero-order valence-electron chi connectivity index (χ0n) is 16.4. The van der Waals surface area contributed by atoms with E-state index in [1.54, 1.807) is 30.3 Å². The standard InChI is InChI=1S/C21H24FNO7/c1-21(28)18(26)17(25)16(10-24)30-20(21)29-15-7-6-12(9-14(15)22)11-4-3-5-13(8-11)19(27)23-2/h3-9,16-18,20,24-26,28H,10H2,1-2H3,(H,23,27). The molecule has 1 fully saturated rings. The number of hydrogen-bond donors (Lipinski definition) is 5. The van der Waals surface area contributed by atoms with Crippen molar-refractivity contribution in [2.45, 2.75) is 37.1 Å². The third-order valence-electron chi connectivity index (χ3n) is 5.11. The highest BCUT2D eigenvalue weighted by atomic mass is 19.1. The molecule has 0 aliphatic carbocycles. The van der Waals surface area contributed by atoms with Gasteiger partial charge in [0.25, 0.3) is 5.91 Å². The maximum Gasteiger partial charge on any atom is 0.251 e. The van der Waals surface area contributed by atoms with Gasteiger partial charge in [0, 0.05) is 12.6 Å². The molecule has 1 saturated heterocycles. The third-order valence-corrected chi connectivity index (χ3v) is 5.11. The molecule has 1 aliphatic rings. The van der Waals surface area contributed by atoms with Gasteiger partial charge in [0.2, 0.25) is 6.29 Å². The third kappa shape index (κ3) is 4.16. The highest BCUT2D eigenvalue weighted by Crippen LogP contribution is 2.33. The fourth-order valence-corrected chi connectivity index (χ4v) is 3.24. The monoisotopic (exact) mass is 421 g/mol. The zero-order chi connectivity index (χ0) is 22.1. The quantitative estimate of drug-likeness (QED) is 0.473. The molecule has 1 aliphatic heterocycles. The average Bonchev–Trinajstić information content (AvgIpc) is 2.75. The van der Waals surface area contributed by atoms with Crippen molar-refractivity contribution in [1.82, 2.24) is 5.32 Å². The molecule has 0 radical (unpaired) electrons. The molecule has 162 valence electrons. The Morgan fingerprint density at radius 3 is 2.57 bits per heavy atom. The summed E-state index contributed by atoms with van der Waals surface area (Å²) >= 11 is 0. The summed E-state index contributed by atoms with van der Waals surface area (Å²) in [5, 5.41) is 42.3. The first-order chi connectivity index (χ1) is 14.2. The van der Waals surface area contributed by atoms with Gasteiger partial charge >= 0.3 is 0 Å². The molecule has 1 amide bonds. The van der Waals surface area contributed by atoms with Crippen molar-refractivity contribution in [1.29, 1.82) is 0 Å². The van der Waals surface area contributed by atoms with Crippen LogP contribution < -0.4 is 10.1 Å². The number of carbonyl (C=O) groups excluding carboxylic acids is 1. The normalized spacial score (nSPS) is 28.8. The highest BCUT2D eigenvalue weighted by molar-refractivity contribution is 5.95. The summed E-state index contributed by atoms with van der Waals surface area (Å²) in [4.78, 5) is 11.8. The lowest BCUT2D eigenvalue weighted by Crippen LogP contribution is -2.66. The van der Waals surface area contributed by atoms with Gasteiger partial charge in [-0.15, -0.1) is 0 Å². The first-order valence-electron chi connectivity index (χ1n) is 9.32. The molecule has 3 rings (SSSR count). The van der Waals surface area contributed by atoms with Gasteiger partial charge in [-0.1, -0.05) is 18.2 Å². The number of ether oxygens (including phenoxy) is 2. The van der Waals surface area contributed by atoms with Crippen LogP contribution >= 0.6 is 0 Å². The molecule has 0 bridgehead atoms. The van der Waals surface area contributed by atoms with Crippen LogP contribution in [-0.2, 0) is 4.74 Å². The number of hydrogen-bond acceptors (Lipinski definition) is 7. The minimum absolute atomic E-state index is 0.258. The molecule has 8 nitrogen and oxygen atoms in total. The maximum absolute atomic E-state index is 14.7. The van der Waals surface area contributed by atoms with Gasteiger partial charge in [-0.05, 0) is 42.3 Å². The summed E-state index contributed by atoms with van der Waals surface area (Å²) in [7, 11) is 1.51. The van der Waals surface area contributed by atoms with Crippen LogP contribution in [0.25, 0.3) is 11.1 Å². The fraction of sp³-hybridized carbons (Fsp3) is 0.381. The van der Waals surface area contributed by atoms with E-state index < -0.39 is 42.6 Å². The Hall–Kier alpha value is -2.56. The van der Waals surface area contributed by atoms with E-state index >= 15 is 0 Å². The van der Waals surface area contributed by atoms with Gasteiger partial charge in [0.05, 0.1) is 6.61 Å². The molecule has 5 N–H and O–H groups in total. The van der Waals surface area contributed by atoms with Crippen molar-refractivity contribution < 1.29 is 39.1 Å². The van der Waals surface area contributed by atoms with Crippen LogP contribution in [0.1, 0.15) is 17.3 Å². The van der Waals surface area contributed by atoms with E-state index in [4.69, 9.17) is 9.47 Å². The predicted octanol–water partition coefficient (Wildman–Crippen LogP) is 0.421. The summed E-state index contributed by atoms with van der Waals surface area (Å²) in [5.74, 6) is -1.29. The van der Waals surface area contributed by atoms with Crippen LogP contribution in [0.3, 0.4) is 0 Å². The van der Waals surface area contributed by atoms with Gasteiger partial charge < -0.3 is 35.2 Å². The van der Waals surface area contributed by atoms with Crippen molar-refractivity contribution in [2.75, 3.05) is 13.7 Å². The molecule has 9 heteroatoms. The molecule has 5 atom stereocenters. The minimum atomic E-state index is -2.06. The summed E-state index contributed by atoms with van der Waals surface area (Å²) in [5.41, 5.74) is -0.533. The molecular formula is C21H24FNO7. The number of benzene rings is 2. The molecule has 0 spiro atoms. The first kappa shape index (κ1) is 22.1. The second kappa shape index (κ2) is 8.66. The molecule has 0 aromatic heterocycles. The fourth-order valence-electron chi connectivity index (χ4n) is 3.24. The van der Waals surface area contributed by atoms with Crippen LogP contribution in [0.4, 0.5) is 4.39 Å². The number of aliphatic hydroxyl groups excluding tert-OH is 3. The Balaban J connectivity index is 1.85. The topological polar surface area (TPSA) is 128 Å². The number of amides is 1. The van der Waals surface area contributed by atoms with E-state index in [9.17, 15) is 29.6 Å². The number of halogens is 1. The second-order valence-corrected chi connectivity index (χ2v) is 7.27. The van der Waals surface area contributed by atoms with Gasteiger partial charge in [0.15, 0.2) is 17.2 Å². The van der Waals surface area contributed by atoms with Gasteiger partial charge in [0.1, 0.15) is 18.3 Å². The Morgan fingerprint density at radius 1 is 1.23 bits per heavy atom. The molecule has 2 aromatic rings. The van der Waals surface area contributed by atoms with E-state index in [2.05, 4.69) is 5.32 Å². The van der Waals surface area contributed by atoms with Crippen molar-refractivity contribution >= 4 is 5.91 Å². The van der Waals surface area contributed by atoms with Crippen molar-refractivity contribution in [3.05, 3.63) is 53.8 Å². The van der Waals surface area contributed by atoms with Crippen molar-refractivity contribution in [2.24, 2.45) is 0 Å². The van der Waals surface area contributed by atoms with Crippen molar-refractivity contribution in [3.8, 4) is 16.9 Å². The number of aliphatic hydroxyl groups is 4. The molecular weight excluding hydrogens is 397 g/mol. The van der Waals surface area contributed by atoms with Crippen LogP contribution in [-0.4, -0.2) is 70.2 Å². The second-order valence-electron chi connectivity index (χ2n) is 7.27. The lowest BCUT2D eigenvalue weighted by atomic mass is 9.88. The largest absolute Gasteiger partial charge is 0.459 e. The lowest BCUT2D eigenvalue weighted by Gasteiger charge is -2.45. The first-order valence-corrected chi connectivity index (χ1v) is 9.32. The average molecular weight is 421 g/mol. The smallest absolute Gasteiger partial charge is 0.251 e. The number of rotatable bonds is 5.